The molecule has 1 aliphatic heterocycles. The Morgan fingerprint density at radius 1 is 1.26 bits per heavy atom. The van der Waals surface area contributed by atoms with E-state index in [0.29, 0.717) is 5.82 Å². The van der Waals surface area contributed by atoms with Crippen molar-refractivity contribution in [3.05, 3.63) is 36.4 Å². The van der Waals surface area contributed by atoms with Crippen molar-refractivity contribution < 1.29 is 14.3 Å². The number of methoxy groups -OCH3 is 1. The number of hydrogen-bond donors (Lipinski definition) is 1. The van der Waals surface area contributed by atoms with Gasteiger partial charge in [0.05, 0.1) is 32.2 Å². The van der Waals surface area contributed by atoms with Crippen LogP contribution in [0.15, 0.2) is 30.6 Å². The summed E-state index contributed by atoms with van der Waals surface area (Å²) in [5.74, 6) is 0.850. The summed E-state index contributed by atoms with van der Waals surface area (Å²) >= 11 is 0. The zero-order chi connectivity index (χ0) is 16.1. The van der Waals surface area contributed by atoms with E-state index in [9.17, 15) is 4.79 Å². The third-order valence-electron chi connectivity index (χ3n) is 3.38. The van der Waals surface area contributed by atoms with Crippen LogP contribution in [0.5, 0.6) is 0 Å². The quantitative estimate of drug-likeness (QED) is 0.843. The lowest BCUT2D eigenvalue weighted by Gasteiger charge is -2.27. The number of ether oxygens (including phenoxy) is 2. The van der Waals surface area contributed by atoms with Crippen LogP contribution in [0.1, 0.15) is 10.6 Å². The summed E-state index contributed by atoms with van der Waals surface area (Å²) < 4.78 is 9.93. The van der Waals surface area contributed by atoms with E-state index in [1.807, 2.05) is 12.1 Å². The molecule has 0 radical (unpaired) electrons. The summed E-state index contributed by atoms with van der Waals surface area (Å²) in [6, 6.07) is 5.52. The van der Waals surface area contributed by atoms with Gasteiger partial charge in [0.15, 0.2) is 0 Å². The minimum Gasteiger partial charge on any atom is -0.463 e. The molecule has 0 bridgehead atoms. The Morgan fingerprint density at radius 3 is 2.78 bits per heavy atom. The van der Waals surface area contributed by atoms with Crippen molar-refractivity contribution in [1.29, 1.82) is 0 Å². The molecule has 8 heteroatoms. The summed E-state index contributed by atoms with van der Waals surface area (Å²) in [4.78, 5) is 26.0. The summed E-state index contributed by atoms with van der Waals surface area (Å²) in [6.07, 6.45) is 3.22. The van der Waals surface area contributed by atoms with Crippen molar-refractivity contribution in [1.82, 2.24) is 15.0 Å². The van der Waals surface area contributed by atoms with Crippen LogP contribution in [0.25, 0.3) is 0 Å². The van der Waals surface area contributed by atoms with Crippen molar-refractivity contribution in [2.45, 2.75) is 0 Å². The summed E-state index contributed by atoms with van der Waals surface area (Å²) in [7, 11) is 1.29. The highest BCUT2D eigenvalue weighted by molar-refractivity contribution is 5.85. The molecule has 23 heavy (non-hydrogen) atoms. The minimum absolute atomic E-state index is 0.00963. The van der Waals surface area contributed by atoms with E-state index < -0.39 is 5.97 Å². The molecule has 0 atom stereocenters. The van der Waals surface area contributed by atoms with Crippen LogP contribution >= 0.6 is 0 Å². The van der Waals surface area contributed by atoms with Gasteiger partial charge < -0.3 is 19.7 Å². The fourth-order valence-corrected chi connectivity index (χ4v) is 2.21. The number of nitrogens with zero attached hydrogens (tertiary/aromatic N) is 4. The molecule has 2 aromatic heterocycles. The molecule has 3 heterocycles. The molecule has 2 aromatic rings. The maximum atomic E-state index is 11.4. The van der Waals surface area contributed by atoms with Gasteiger partial charge in [-0.1, -0.05) is 0 Å². The molecule has 1 fully saturated rings. The average Bonchev–Trinajstić information content (AvgIpc) is 2.62. The zero-order valence-corrected chi connectivity index (χ0v) is 12.7. The number of aromatic nitrogens is 3. The van der Waals surface area contributed by atoms with Crippen LogP contribution in [-0.4, -0.2) is 54.3 Å². The van der Waals surface area contributed by atoms with Crippen molar-refractivity contribution >= 4 is 23.3 Å². The van der Waals surface area contributed by atoms with Crippen LogP contribution in [0.4, 0.5) is 17.3 Å². The van der Waals surface area contributed by atoms with Crippen LogP contribution in [0.2, 0.25) is 0 Å². The Labute approximate surface area is 133 Å². The summed E-state index contributed by atoms with van der Waals surface area (Å²) in [5, 5.41) is 3.09. The number of pyridine rings is 1. The molecule has 0 aliphatic carbocycles. The normalized spacial score (nSPS) is 14.4. The first-order valence-corrected chi connectivity index (χ1v) is 7.23. The Balaban J connectivity index is 1.69. The number of rotatable bonds is 4. The molecule has 0 spiro atoms. The van der Waals surface area contributed by atoms with Crippen molar-refractivity contribution in [3.63, 3.8) is 0 Å². The van der Waals surface area contributed by atoms with Gasteiger partial charge in [0.25, 0.3) is 0 Å². The number of carbonyl (C=O) groups is 1. The van der Waals surface area contributed by atoms with Crippen LogP contribution in [0.3, 0.4) is 0 Å². The molecule has 0 saturated carbocycles. The maximum Gasteiger partial charge on any atom is 0.376 e. The Kier molecular flexibility index (Phi) is 4.62. The molecule has 0 amide bonds. The lowest BCUT2D eigenvalue weighted by Crippen LogP contribution is -2.36. The Bertz CT molecular complexity index is 671. The second-order valence-corrected chi connectivity index (χ2v) is 4.89. The Hall–Kier alpha value is -2.74. The fraction of sp³-hybridized carbons (Fsp3) is 0.333. The molecular weight excluding hydrogens is 298 g/mol. The predicted octanol–water partition coefficient (Wildman–Crippen LogP) is 1.24. The molecule has 8 nitrogen and oxygen atoms in total. The average molecular weight is 315 g/mol. The van der Waals surface area contributed by atoms with Gasteiger partial charge in [-0.05, 0) is 18.2 Å². The second kappa shape index (κ2) is 7.01. The zero-order valence-electron chi connectivity index (χ0n) is 12.7. The first kappa shape index (κ1) is 15.2. The third kappa shape index (κ3) is 3.72. The highest BCUT2D eigenvalue weighted by atomic mass is 16.5. The molecular formula is C15H17N5O3. The third-order valence-corrected chi connectivity index (χ3v) is 3.38. The molecule has 1 saturated heterocycles. The van der Waals surface area contributed by atoms with E-state index in [0.717, 1.165) is 37.8 Å². The van der Waals surface area contributed by atoms with Crippen LogP contribution in [0, 0.1) is 0 Å². The van der Waals surface area contributed by atoms with E-state index in [1.165, 1.54) is 13.3 Å². The topological polar surface area (TPSA) is 89.5 Å². The molecule has 0 aromatic carbocycles. The highest BCUT2D eigenvalue weighted by Crippen LogP contribution is 2.18. The number of nitrogens with one attached hydrogen (secondary N) is 1. The lowest BCUT2D eigenvalue weighted by atomic mass is 10.3. The minimum atomic E-state index is -0.575. The van der Waals surface area contributed by atoms with E-state index in [4.69, 9.17) is 4.74 Å². The van der Waals surface area contributed by atoms with Crippen LogP contribution < -0.4 is 10.2 Å². The first-order valence-electron chi connectivity index (χ1n) is 7.23. The first-order chi connectivity index (χ1) is 11.3. The van der Waals surface area contributed by atoms with Crippen LogP contribution in [-0.2, 0) is 9.47 Å². The fourth-order valence-electron chi connectivity index (χ4n) is 2.21. The molecule has 0 unspecified atom stereocenters. The monoisotopic (exact) mass is 315 g/mol. The van der Waals surface area contributed by atoms with Gasteiger partial charge in [-0.3, -0.25) is 0 Å². The number of hydrogen-bond acceptors (Lipinski definition) is 8. The Morgan fingerprint density at radius 2 is 2.09 bits per heavy atom. The van der Waals surface area contributed by atoms with Gasteiger partial charge in [-0.2, -0.15) is 0 Å². The van der Waals surface area contributed by atoms with Gasteiger partial charge in [-0.15, -0.1) is 0 Å². The van der Waals surface area contributed by atoms with Crippen molar-refractivity contribution in [3.8, 4) is 0 Å². The van der Waals surface area contributed by atoms with Gasteiger partial charge in [0.1, 0.15) is 11.6 Å². The number of anilines is 3. The number of morpholine rings is 1. The SMILES string of the molecule is COC(=O)c1nccc(Nc2ccc(N3CCOCC3)nc2)n1. The van der Waals surface area contributed by atoms with Crippen molar-refractivity contribution in [2.75, 3.05) is 43.6 Å². The van der Waals surface area contributed by atoms with E-state index in [-0.39, 0.29) is 5.82 Å². The summed E-state index contributed by atoms with van der Waals surface area (Å²) in [5.41, 5.74) is 0.775. The molecule has 1 N–H and O–H groups in total. The van der Waals surface area contributed by atoms with Gasteiger partial charge in [-0.25, -0.2) is 19.7 Å². The standard InChI is InChI=1S/C15H17N5O3/c1-22-15(21)14-16-5-4-12(19-14)18-11-2-3-13(17-10-11)20-6-8-23-9-7-20/h2-5,10H,6-9H2,1H3,(H,16,18,19). The van der Waals surface area contributed by atoms with E-state index in [1.54, 1.807) is 12.3 Å². The molecule has 3 rings (SSSR count). The summed E-state index contributed by atoms with van der Waals surface area (Å²) in [6.45, 7) is 3.13. The molecule has 120 valence electrons. The molecule has 1 aliphatic rings. The smallest absolute Gasteiger partial charge is 0.376 e. The van der Waals surface area contributed by atoms with Crippen molar-refractivity contribution in [2.24, 2.45) is 0 Å². The predicted molar refractivity (Wildman–Crippen MR) is 83.9 cm³/mol. The van der Waals surface area contributed by atoms with Gasteiger partial charge in [0, 0.05) is 19.3 Å². The van der Waals surface area contributed by atoms with Gasteiger partial charge in [0.2, 0.25) is 5.82 Å². The number of carbonyl (C=O) groups excluding carboxylic acids is 1. The number of esters is 1. The maximum absolute atomic E-state index is 11.4. The van der Waals surface area contributed by atoms with Gasteiger partial charge >= 0.3 is 5.97 Å². The lowest BCUT2D eigenvalue weighted by molar-refractivity contribution is 0.0587. The highest BCUT2D eigenvalue weighted by Gasteiger charge is 2.12. The van der Waals surface area contributed by atoms with E-state index in [2.05, 4.69) is 29.9 Å². The van der Waals surface area contributed by atoms with E-state index >= 15 is 0 Å². The largest absolute Gasteiger partial charge is 0.463 e. The second-order valence-electron chi connectivity index (χ2n) is 4.89.